The molecule has 0 aliphatic carbocycles. The number of carbonyl (C=O) groups is 1. The van der Waals surface area contributed by atoms with E-state index in [1.54, 1.807) is 55.8 Å². The molecule has 0 amide bonds. The molecule has 0 bridgehead atoms. The number of fused-ring (bicyclic) bond motifs is 3. The van der Waals surface area contributed by atoms with E-state index in [1.165, 1.54) is 55.8 Å². The topological polar surface area (TPSA) is 378 Å². The zero-order chi connectivity index (χ0) is 63.8. The number of benzene rings is 1. The van der Waals surface area contributed by atoms with Gasteiger partial charge in [0.1, 0.15) is 41.7 Å². The molecule has 7 aromatic rings. The SMILES string of the molecule is C.CCN(C)c1nc(N)nc2c1ncn2[C@@H]1O[C@H](CO)[C@@H](O)[C@@]1(C)F.CCN(C)c1nc(N)nc2c1ncn2[C@@H]1O[C@H](COP(=O)(N[C@@H](C)C(=O)OC(C)C)Oc2ccccc2)[C@@H](O)[C@@]1(C)F.CC[C@H]1O[C@@H](n2cnc3c(Cl)nc(N)nc32)[C@](C)(F)[C@@H]1C. The maximum Gasteiger partial charge on any atom is 0.459 e. The molecule has 9 heterocycles. The van der Waals surface area contributed by atoms with E-state index in [9.17, 15) is 24.7 Å². The summed E-state index contributed by atoms with van der Waals surface area (Å²) in [4.78, 5) is 53.6. The van der Waals surface area contributed by atoms with Crippen LogP contribution in [0.2, 0.25) is 5.15 Å². The second-order valence-corrected chi connectivity index (χ2v) is 24.1. The molecule has 3 aliphatic heterocycles. The first-order chi connectivity index (χ1) is 40.9. The third kappa shape index (κ3) is 13.6. The van der Waals surface area contributed by atoms with Gasteiger partial charge in [0.15, 0.2) is 80.5 Å². The van der Waals surface area contributed by atoms with Gasteiger partial charge >= 0.3 is 13.7 Å². The second-order valence-electron chi connectivity index (χ2n) is 22.0. The van der Waals surface area contributed by atoms with E-state index in [4.69, 9.17) is 56.8 Å². The van der Waals surface area contributed by atoms with Gasteiger partial charge in [-0.25, -0.2) is 32.7 Å². The van der Waals surface area contributed by atoms with Crippen molar-refractivity contribution in [1.82, 2.24) is 63.6 Å². The number of ether oxygens (including phenoxy) is 4. The summed E-state index contributed by atoms with van der Waals surface area (Å²) in [5, 5.41) is 32.9. The molecule has 6 aromatic heterocycles. The van der Waals surface area contributed by atoms with Crippen molar-refractivity contribution in [3.63, 3.8) is 0 Å². The van der Waals surface area contributed by atoms with Crippen molar-refractivity contribution < 1.29 is 65.8 Å². The average Bonchev–Trinajstić information content (AvgIpc) is 1.80. The lowest BCUT2D eigenvalue weighted by atomic mass is 9.88. The molecule has 29 nitrogen and oxygen atoms in total. The number of imidazole rings is 3. The largest absolute Gasteiger partial charge is 0.462 e. The highest BCUT2D eigenvalue weighted by molar-refractivity contribution is 7.52. The molecular weight excluding hydrogens is 1200 g/mol. The number of hydrogen-bond donors (Lipinski definition) is 7. The number of nitrogens with one attached hydrogen (secondary N) is 1. The molecule has 10 rings (SSSR count). The van der Waals surface area contributed by atoms with Gasteiger partial charge in [-0.1, -0.05) is 51.1 Å². The minimum atomic E-state index is -4.29. The summed E-state index contributed by atoms with van der Waals surface area (Å²) in [5.41, 5.74) is 13.4. The molecule has 1 aromatic carbocycles. The summed E-state index contributed by atoms with van der Waals surface area (Å²) >= 11 is 6.00. The summed E-state index contributed by atoms with van der Waals surface area (Å²) in [5.74, 6) is 0.248. The summed E-state index contributed by atoms with van der Waals surface area (Å²) in [6.45, 7) is 16.6. The fraction of sp³-hybridized carbons (Fsp3) is 0.593. The normalized spacial score (nSPS) is 27.8. The monoisotopic (exact) mass is 1280 g/mol. The smallest absolute Gasteiger partial charge is 0.459 e. The fourth-order valence-corrected chi connectivity index (χ4v) is 11.8. The summed E-state index contributed by atoms with van der Waals surface area (Å²) in [6.07, 6.45) is -4.57. The van der Waals surface area contributed by atoms with E-state index >= 15 is 13.2 Å². The molecule has 484 valence electrons. The number of alkyl halides is 3. The molecule has 0 saturated carbocycles. The highest BCUT2D eigenvalue weighted by Gasteiger charge is 2.57. The van der Waals surface area contributed by atoms with Crippen molar-refractivity contribution in [3.05, 3.63) is 54.5 Å². The average molecular weight is 1280 g/mol. The summed E-state index contributed by atoms with van der Waals surface area (Å²) in [6, 6.07) is 7.07. The van der Waals surface area contributed by atoms with Crippen molar-refractivity contribution in [2.24, 2.45) is 5.92 Å². The number of rotatable bonds is 18. The van der Waals surface area contributed by atoms with Gasteiger partial charge in [0.05, 0.1) is 44.4 Å². The number of nitrogen functional groups attached to an aromatic ring is 3. The van der Waals surface area contributed by atoms with Crippen molar-refractivity contribution in [3.8, 4) is 5.75 Å². The number of hydrogen-bond acceptors (Lipinski definition) is 25. The Kier molecular flexibility index (Phi) is 21.1. The Morgan fingerprint density at radius 1 is 0.727 bits per heavy atom. The Balaban J connectivity index is 0.000000203. The van der Waals surface area contributed by atoms with Crippen molar-refractivity contribution >= 4 is 88.3 Å². The Morgan fingerprint density at radius 2 is 1.16 bits per heavy atom. The Bertz CT molecular complexity index is 3590. The summed E-state index contributed by atoms with van der Waals surface area (Å²) < 4.78 is 98.0. The Labute approximate surface area is 511 Å². The maximum absolute atomic E-state index is 16.1. The van der Waals surface area contributed by atoms with E-state index in [0.29, 0.717) is 52.6 Å². The molecule has 14 atom stereocenters. The number of aliphatic hydroxyl groups excluding tert-OH is 3. The number of nitrogens with two attached hydrogens (primary N) is 3. The van der Waals surface area contributed by atoms with Crippen molar-refractivity contribution in [2.45, 2.75) is 161 Å². The third-order valence-corrected chi connectivity index (χ3v) is 17.3. The van der Waals surface area contributed by atoms with Crippen LogP contribution in [0.1, 0.15) is 102 Å². The van der Waals surface area contributed by atoms with Crippen LogP contribution in [0, 0.1) is 5.92 Å². The lowest BCUT2D eigenvalue weighted by Gasteiger charge is -2.25. The van der Waals surface area contributed by atoms with E-state index < -0.39 is 99.2 Å². The van der Waals surface area contributed by atoms with Crippen LogP contribution in [0.25, 0.3) is 33.5 Å². The van der Waals surface area contributed by atoms with Gasteiger partial charge in [0.25, 0.3) is 0 Å². The third-order valence-electron chi connectivity index (χ3n) is 15.4. The van der Waals surface area contributed by atoms with Crippen LogP contribution in [-0.4, -0.2) is 180 Å². The number of esters is 1. The molecular formula is C54H79ClF3N18O11P. The van der Waals surface area contributed by atoms with Crippen LogP contribution in [0.4, 0.5) is 42.7 Å². The number of anilines is 5. The standard InChI is InChI=1S/C26H37FN7O7P.C14H21FN6O3.C13H17ClFN5O.CH4/c1-7-33(6)21-19-22(31-25(28)30-21)34(14-29-19)24-26(5,27)20(35)18(40-24)13-38-42(37,41-17-11-9-8-10-12-17)32-16(4)23(36)39-15(2)3;1-4-20(3)10-8-11(19-13(16)18-10)21(6-17-8)12-14(2,15)9(23)7(5-22)24-12;1-4-7-6(2)13(3,15)11(21-7)20-5-17-8-9(14)18-12(16)19-10(8)20;/h8-12,14-16,18,20,24,35H,7,13H2,1-6H3,(H,32,37)(H2,28,30,31);6-7,9,12,22-23H,4-5H2,1-3H3,(H2,16,18,19);5-7,11H,4H2,1-3H3,(H2,16,18,19);1H4/t16-,18+,20+,24+,26+,42?;7-,9-,12-,14-;6-,7-,11-,13-;/m011./s1. The van der Waals surface area contributed by atoms with Gasteiger partial charge < -0.3 is 65.8 Å². The molecule has 34 heteroatoms. The number of para-hydroxylation sites is 1. The quantitative estimate of drug-likeness (QED) is 0.0286. The van der Waals surface area contributed by atoms with E-state index in [1.807, 2.05) is 44.5 Å². The van der Waals surface area contributed by atoms with Crippen LogP contribution >= 0.6 is 19.3 Å². The van der Waals surface area contributed by atoms with Crippen LogP contribution in [0.15, 0.2) is 49.3 Å². The second kappa shape index (κ2) is 27.1. The number of aromatic nitrogens is 12. The van der Waals surface area contributed by atoms with Gasteiger partial charge in [-0.2, -0.15) is 35.0 Å². The van der Waals surface area contributed by atoms with Gasteiger partial charge in [-0.05, 0) is 73.9 Å². The number of carbonyl (C=O) groups excluding carboxylic acids is 1. The molecule has 3 fully saturated rings. The number of nitrogens with zero attached hydrogens (tertiary/aromatic N) is 14. The summed E-state index contributed by atoms with van der Waals surface area (Å²) in [7, 11) is -0.656. The minimum absolute atomic E-state index is 0. The Hall–Kier alpha value is -6.87. The lowest BCUT2D eigenvalue weighted by molar-refractivity contribution is -0.149. The number of halogens is 4. The zero-order valence-electron chi connectivity index (χ0n) is 50.1. The van der Waals surface area contributed by atoms with Crippen LogP contribution in [0.5, 0.6) is 5.75 Å². The highest BCUT2D eigenvalue weighted by Crippen LogP contribution is 2.50. The molecule has 88 heavy (non-hydrogen) atoms. The van der Waals surface area contributed by atoms with Crippen molar-refractivity contribution in [1.29, 1.82) is 0 Å². The van der Waals surface area contributed by atoms with Crippen LogP contribution < -0.4 is 36.6 Å². The van der Waals surface area contributed by atoms with Gasteiger partial charge in [0, 0.05) is 33.1 Å². The predicted molar refractivity (Wildman–Crippen MR) is 322 cm³/mol. The van der Waals surface area contributed by atoms with E-state index in [0.717, 1.165) is 6.42 Å². The Morgan fingerprint density at radius 3 is 1.60 bits per heavy atom. The first-order valence-electron chi connectivity index (χ1n) is 28.0. The molecule has 10 N–H and O–H groups in total. The fourth-order valence-electron chi connectivity index (χ4n) is 10.1. The molecule has 3 aliphatic rings. The van der Waals surface area contributed by atoms with E-state index in [2.05, 4.69) is 49.9 Å². The zero-order valence-corrected chi connectivity index (χ0v) is 51.7. The number of aliphatic hydroxyl groups is 3. The lowest BCUT2D eigenvalue weighted by Crippen LogP contribution is -2.41. The molecule has 3 saturated heterocycles. The van der Waals surface area contributed by atoms with Gasteiger partial charge in [0.2, 0.25) is 17.8 Å². The minimum Gasteiger partial charge on any atom is -0.462 e. The van der Waals surface area contributed by atoms with Crippen LogP contribution in [-0.2, 0) is 32.8 Å². The molecule has 1 unspecified atom stereocenters. The molecule has 0 radical (unpaired) electrons. The highest BCUT2D eigenvalue weighted by atomic mass is 35.5. The van der Waals surface area contributed by atoms with Gasteiger partial charge in [-0.15, -0.1) is 0 Å². The van der Waals surface area contributed by atoms with Gasteiger partial charge in [-0.3, -0.25) is 23.0 Å². The predicted octanol–water partition coefficient (Wildman–Crippen LogP) is 6.20. The first-order valence-corrected chi connectivity index (χ1v) is 29.9. The van der Waals surface area contributed by atoms with E-state index in [-0.39, 0.29) is 53.8 Å². The van der Waals surface area contributed by atoms with Crippen molar-refractivity contribution in [2.75, 3.05) is 67.4 Å². The van der Waals surface area contributed by atoms with Crippen LogP contribution in [0.3, 0.4) is 0 Å². The molecule has 0 spiro atoms. The maximum atomic E-state index is 16.1. The first kappa shape index (κ1) is 68.6.